The first-order valence-electron chi connectivity index (χ1n) is 5.98. The van der Waals surface area contributed by atoms with Gasteiger partial charge in [-0.1, -0.05) is 0 Å². The highest BCUT2D eigenvalue weighted by Gasteiger charge is 2.18. The molecule has 2 aromatic carbocycles. The SMILES string of the molecule is O=C(c1ccc(O)c([NH+]([O-])O)c1)c1ccc(O)c([NH+]([O-])O)c1. The molecule has 0 aliphatic heterocycles. The summed E-state index contributed by atoms with van der Waals surface area (Å²) in [5, 5.41) is 55.7. The maximum atomic E-state index is 12.3. The Morgan fingerprint density at radius 3 is 1.50 bits per heavy atom. The van der Waals surface area contributed by atoms with Gasteiger partial charge in [-0.25, -0.2) is 10.4 Å². The van der Waals surface area contributed by atoms with Crippen LogP contribution in [0.5, 0.6) is 11.5 Å². The van der Waals surface area contributed by atoms with Gasteiger partial charge in [-0.15, -0.1) is 0 Å². The topological polar surface area (TPSA) is 153 Å². The van der Waals surface area contributed by atoms with E-state index in [0.29, 0.717) is 0 Å². The fraction of sp³-hybridized carbons (Fsp3) is 0. The molecule has 6 N–H and O–H groups in total. The van der Waals surface area contributed by atoms with Crippen LogP contribution in [0.25, 0.3) is 0 Å². The molecule has 2 atom stereocenters. The van der Waals surface area contributed by atoms with E-state index in [0.717, 1.165) is 24.3 Å². The number of phenolic OH excluding ortho intramolecular Hbond substituents is 2. The Hall–Kier alpha value is -2.53. The molecular weight excluding hydrogens is 296 g/mol. The van der Waals surface area contributed by atoms with Crippen LogP contribution in [0.1, 0.15) is 15.9 Å². The van der Waals surface area contributed by atoms with Crippen molar-refractivity contribution in [2.24, 2.45) is 0 Å². The van der Waals surface area contributed by atoms with E-state index >= 15 is 0 Å². The fourth-order valence-electron chi connectivity index (χ4n) is 1.86. The molecule has 2 rings (SSSR count). The summed E-state index contributed by atoms with van der Waals surface area (Å²) in [5.74, 6) is -1.60. The highest BCUT2D eigenvalue weighted by atomic mass is 16.8. The van der Waals surface area contributed by atoms with Crippen molar-refractivity contribution in [3.8, 4) is 11.5 Å². The van der Waals surface area contributed by atoms with E-state index in [4.69, 9.17) is 10.4 Å². The Morgan fingerprint density at radius 1 is 0.818 bits per heavy atom. The molecule has 2 unspecified atom stereocenters. The number of nitrogens with one attached hydrogen (secondary N) is 2. The lowest BCUT2D eigenvalue weighted by molar-refractivity contribution is -0.991. The molecule has 0 aliphatic rings. The standard InChI is InChI=1S/C13H12N2O7/c16-11-3-1-7(5-9(11)14(19)20)13(18)8-2-4-12(17)10(6-8)15(21)22/h1-6,14-17,19,21H. The normalized spacial score (nSPS) is 13.6. The first-order valence-corrected chi connectivity index (χ1v) is 5.98. The molecule has 22 heavy (non-hydrogen) atoms. The van der Waals surface area contributed by atoms with Crippen molar-refractivity contribution < 1.29 is 35.9 Å². The van der Waals surface area contributed by atoms with Crippen LogP contribution in [0, 0.1) is 10.4 Å². The lowest BCUT2D eigenvalue weighted by Crippen LogP contribution is -2.99. The van der Waals surface area contributed by atoms with Gasteiger partial charge in [-0.3, -0.25) is 4.79 Å². The number of benzene rings is 2. The van der Waals surface area contributed by atoms with Gasteiger partial charge >= 0.3 is 0 Å². The number of hydrogen-bond donors (Lipinski definition) is 6. The Balaban J connectivity index is 2.44. The van der Waals surface area contributed by atoms with Crippen molar-refractivity contribution in [3.05, 3.63) is 57.9 Å². The average molecular weight is 308 g/mol. The second-order valence-corrected chi connectivity index (χ2v) is 4.40. The zero-order chi connectivity index (χ0) is 16.4. The molecule has 116 valence electrons. The lowest BCUT2D eigenvalue weighted by atomic mass is 10.0. The van der Waals surface area contributed by atoms with E-state index in [1.54, 1.807) is 0 Å². The predicted molar refractivity (Wildman–Crippen MR) is 71.2 cm³/mol. The molecule has 0 heterocycles. The minimum Gasteiger partial charge on any atom is -0.595 e. The maximum Gasteiger partial charge on any atom is 0.206 e. The van der Waals surface area contributed by atoms with Gasteiger partial charge in [0.05, 0.1) is 0 Å². The minimum absolute atomic E-state index is 0.0303. The van der Waals surface area contributed by atoms with Gasteiger partial charge in [0.1, 0.15) is 0 Å². The summed E-state index contributed by atoms with van der Waals surface area (Å²) in [4.78, 5) is 12.3. The number of aromatic hydroxyl groups is 2. The van der Waals surface area contributed by atoms with Crippen molar-refractivity contribution in [1.29, 1.82) is 0 Å². The third-order valence-corrected chi connectivity index (χ3v) is 2.98. The molecule has 9 heteroatoms. The summed E-state index contributed by atoms with van der Waals surface area (Å²) in [6, 6.07) is 6.56. The number of carbonyl (C=O) groups excluding carboxylic acids is 1. The summed E-state index contributed by atoms with van der Waals surface area (Å²) >= 11 is 0. The van der Waals surface area contributed by atoms with E-state index in [1.165, 1.54) is 12.1 Å². The second kappa shape index (κ2) is 6.07. The van der Waals surface area contributed by atoms with E-state index in [2.05, 4.69) is 0 Å². The van der Waals surface area contributed by atoms with Crippen LogP contribution < -0.4 is 10.5 Å². The Bertz CT molecular complexity index is 656. The van der Waals surface area contributed by atoms with Crippen LogP contribution in [0.15, 0.2) is 36.4 Å². The Kier molecular flexibility index (Phi) is 4.37. The highest BCUT2D eigenvalue weighted by Crippen LogP contribution is 2.25. The van der Waals surface area contributed by atoms with Gasteiger partial charge in [-0.05, 0) is 24.3 Å². The Morgan fingerprint density at radius 2 is 1.18 bits per heavy atom. The largest absolute Gasteiger partial charge is 0.595 e. The van der Waals surface area contributed by atoms with Crippen LogP contribution >= 0.6 is 0 Å². The highest BCUT2D eigenvalue weighted by molar-refractivity contribution is 6.09. The van der Waals surface area contributed by atoms with E-state index in [1.807, 2.05) is 0 Å². The van der Waals surface area contributed by atoms with Crippen molar-refractivity contribution in [2.75, 3.05) is 0 Å². The molecule has 0 aromatic heterocycles. The molecule has 0 fully saturated rings. The monoisotopic (exact) mass is 308 g/mol. The molecule has 0 aliphatic carbocycles. The zero-order valence-corrected chi connectivity index (χ0v) is 11.0. The quantitative estimate of drug-likeness (QED) is 0.244. The van der Waals surface area contributed by atoms with E-state index in [9.17, 15) is 25.4 Å². The molecule has 0 saturated heterocycles. The summed E-state index contributed by atoms with van der Waals surface area (Å²) < 4.78 is 0. The molecule has 0 amide bonds. The number of ketones is 1. The van der Waals surface area contributed by atoms with Crippen LogP contribution in [-0.4, -0.2) is 26.4 Å². The average Bonchev–Trinajstić information content (AvgIpc) is 2.47. The van der Waals surface area contributed by atoms with Gasteiger partial charge in [0, 0.05) is 23.3 Å². The Labute approximate surface area is 123 Å². The van der Waals surface area contributed by atoms with Gasteiger partial charge in [0.25, 0.3) is 0 Å². The molecular formula is C13H12N2O7. The first kappa shape index (κ1) is 15.9. The zero-order valence-electron chi connectivity index (χ0n) is 11.0. The number of rotatable bonds is 4. The summed E-state index contributed by atoms with van der Waals surface area (Å²) in [6.07, 6.45) is 0. The number of carbonyl (C=O) groups is 1. The van der Waals surface area contributed by atoms with Crippen molar-refractivity contribution in [3.63, 3.8) is 0 Å². The maximum absolute atomic E-state index is 12.3. The summed E-state index contributed by atoms with van der Waals surface area (Å²) in [6.45, 7) is 0. The first-order chi connectivity index (χ1) is 10.3. The number of quaternary nitrogens is 2. The number of hydrogen-bond acceptors (Lipinski definition) is 7. The number of phenols is 2. The molecule has 9 nitrogen and oxygen atoms in total. The molecule has 0 radical (unpaired) electrons. The van der Waals surface area contributed by atoms with Gasteiger partial charge < -0.3 is 20.6 Å². The summed E-state index contributed by atoms with van der Waals surface area (Å²) in [7, 11) is 0. The van der Waals surface area contributed by atoms with Crippen LogP contribution in [0.4, 0.5) is 11.4 Å². The molecule has 0 spiro atoms. The predicted octanol–water partition coefficient (Wildman–Crippen LogP) is -0.864. The van der Waals surface area contributed by atoms with E-state index in [-0.39, 0.29) is 11.1 Å². The smallest absolute Gasteiger partial charge is 0.206 e. The molecule has 0 saturated carbocycles. The van der Waals surface area contributed by atoms with Gasteiger partial charge in [0.2, 0.25) is 11.4 Å². The third kappa shape index (κ3) is 3.04. The van der Waals surface area contributed by atoms with E-state index < -0.39 is 39.1 Å². The van der Waals surface area contributed by atoms with Crippen LogP contribution in [0.2, 0.25) is 0 Å². The van der Waals surface area contributed by atoms with Crippen LogP contribution in [-0.2, 0) is 0 Å². The third-order valence-electron chi connectivity index (χ3n) is 2.98. The van der Waals surface area contributed by atoms with Crippen molar-refractivity contribution >= 4 is 17.2 Å². The molecule has 2 aromatic rings. The van der Waals surface area contributed by atoms with Gasteiger partial charge in [-0.2, -0.15) is 10.5 Å². The lowest BCUT2D eigenvalue weighted by Gasteiger charge is -2.15. The van der Waals surface area contributed by atoms with Crippen molar-refractivity contribution in [2.45, 2.75) is 0 Å². The van der Waals surface area contributed by atoms with Gasteiger partial charge in [0.15, 0.2) is 17.3 Å². The minimum atomic E-state index is -1.40. The van der Waals surface area contributed by atoms with Crippen LogP contribution in [0.3, 0.4) is 0 Å². The fourth-order valence-corrected chi connectivity index (χ4v) is 1.86. The van der Waals surface area contributed by atoms with Crippen molar-refractivity contribution in [1.82, 2.24) is 0 Å². The summed E-state index contributed by atoms with van der Waals surface area (Å²) in [5.41, 5.74) is -0.944. The second-order valence-electron chi connectivity index (χ2n) is 4.40. The molecule has 0 bridgehead atoms.